The summed E-state index contributed by atoms with van der Waals surface area (Å²) in [6, 6.07) is 6.01. The van der Waals surface area contributed by atoms with Gasteiger partial charge in [0.2, 0.25) is 0 Å². The lowest BCUT2D eigenvalue weighted by molar-refractivity contribution is 0.0996. The normalized spacial score (nSPS) is 20.7. The molecule has 1 aliphatic heterocycles. The van der Waals surface area contributed by atoms with Crippen molar-refractivity contribution in [2.75, 3.05) is 13.2 Å². The van der Waals surface area contributed by atoms with E-state index in [1.165, 1.54) is 12.8 Å². The van der Waals surface area contributed by atoms with Crippen molar-refractivity contribution in [1.29, 1.82) is 0 Å². The van der Waals surface area contributed by atoms with Crippen LogP contribution in [0.2, 0.25) is 10.0 Å². The van der Waals surface area contributed by atoms with Gasteiger partial charge in [-0.1, -0.05) is 36.2 Å². The van der Waals surface area contributed by atoms with E-state index in [0.29, 0.717) is 11.1 Å². The van der Waals surface area contributed by atoms with Gasteiger partial charge in [-0.3, -0.25) is 0 Å². The fraction of sp³-hybridized carbons (Fsp3) is 0.600. The Balaban J connectivity index is 2.01. The van der Waals surface area contributed by atoms with Crippen LogP contribution >= 0.6 is 23.2 Å². The molecule has 0 spiro atoms. The molecule has 2 nitrogen and oxygen atoms in total. The van der Waals surface area contributed by atoms with Gasteiger partial charge < -0.3 is 10.1 Å². The Morgan fingerprint density at radius 2 is 2.26 bits per heavy atom. The average Bonchev–Trinajstić information content (AvgIpc) is 2.88. The van der Waals surface area contributed by atoms with E-state index in [1.54, 1.807) is 0 Å². The van der Waals surface area contributed by atoms with Gasteiger partial charge >= 0.3 is 0 Å². The standard InChI is InChI=1S/C15H21Cl2NO/c1-2-18-15(8-6-12-4-3-9-19-12)13-7-5-11(16)10-14(13)17/h5,7,10,12,15,18H,2-4,6,8-9H2,1H3. The molecule has 4 heteroatoms. The van der Waals surface area contributed by atoms with Gasteiger partial charge in [0.1, 0.15) is 0 Å². The van der Waals surface area contributed by atoms with Gasteiger partial charge in [0, 0.05) is 22.7 Å². The third kappa shape index (κ3) is 4.35. The molecule has 1 aromatic rings. The minimum Gasteiger partial charge on any atom is -0.378 e. The first-order chi connectivity index (χ1) is 9.20. The summed E-state index contributed by atoms with van der Waals surface area (Å²) >= 11 is 12.3. The van der Waals surface area contributed by atoms with Crippen LogP contribution in [0.5, 0.6) is 0 Å². The van der Waals surface area contributed by atoms with E-state index >= 15 is 0 Å². The molecule has 1 N–H and O–H groups in total. The lowest BCUT2D eigenvalue weighted by Gasteiger charge is -2.21. The minimum absolute atomic E-state index is 0.277. The molecule has 19 heavy (non-hydrogen) atoms. The molecule has 1 saturated heterocycles. The smallest absolute Gasteiger partial charge is 0.0576 e. The molecular weight excluding hydrogens is 281 g/mol. The molecule has 1 fully saturated rings. The van der Waals surface area contributed by atoms with Gasteiger partial charge in [0.25, 0.3) is 0 Å². The average molecular weight is 302 g/mol. The third-order valence-electron chi connectivity index (χ3n) is 3.59. The highest BCUT2D eigenvalue weighted by molar-refractivity contribution is 6.35. The fourth-order valence-electron chi connectivity index (χ4n) is 2.62. The maximum absolute atomic E-state index is 6.30. The lowest BCUT2D eigenvalue weighted by Crippen LogP contribution is -2.22. The third-order valence-corrected chi connectivity index (χ3v) is 4.15. The summed E-state index contributed by atoms with van der Waals surface area (Å²) in [5, 5.41) is 4.92. The molecule has 2 unspecified atom stereocenters. The second-order valence-electron chi connectivity index (χ2n) is 4.99. The topological polar surface area (TPSA) is 21.3 Å². The summed E-state index contributed by atoms with van der Waals surface area (Å²) in [7, 11) is 0. The second-order valence-corrected chi connectivity index (χ2v) is 5.83. The van der Waals surface area contributed by atoms with Crippen LogP contribution in [0, 0.1) is 0 Å². The summed E-state index contributed by atoms with van der Waals surface area (Å²) in [5.41, 5.74) is 1.13. The number of benzene rings is 1. The van der Waals surface area contributed by atoms with Crippen LogP contribution in [0.15, 0.2) is 18.2 Å². The van der Waals surface area contributed by atoms with Gasteiger partial charge in [-0.15, -0.1) is 0 Å². The molecule has 1 aliphatic rings. The maximum Gasteiger partial charge on any atom is 0.0576 e. The molecule has 0 radical (unpaired) electrons. The second kappa shape index (κ2) is 7.49. The molecule has 2 atom stereocenters. The van der Waals surface area contributed by atoms with E-state index in [2.05, 4.69) is 12.2 Å². The van der Waals surface area contributed by atoms with Crippen LogP contribution in [-0.2, 0) is 4.74 Å². The van der Waals surface area contributed by atoms with E-state index in [-0.39, 0.29) is 6.04 Å². The van der Waals surface area contributed by atoms with E-state index in [1.807, 2.05) is 18.2 Å². The summed E-state index contributed by atoms with van der Waals surface area (Å²) in [4.78, 5) is 0. The van der Waals surface area contributed by atoms with Crippen LogP contribution in [-0.4, -0.2) is 19.3 Å². The minimum atomic E-state index is 0.277. The Kier molecular flexibility index (Phi) is 5.96. The Labute approximate surface area is 125 Å². The van der Waals surface area contributed by atoms with E-state index in [4.69, 9.17) is 27.9 Å². The van der Waals surface area contributed by atoms with Crippen LogP contribution in [0.3, 0.4) is 0 Å². The van der Waals surface area contributed by atoms with Gasteiger partial charge in [0.05, 0.1) is 6.10 Å². The van der Waals surface area contributed by atoms with Crippen LogP contribution in [0.25, 0.3) is 0 Å². The SMILES string of the molecule is CCNC(CCC1CCCO1)c1ccc(Cl)cc1Cl. The number of ether oxygens (including phenoxy) is 1. The first-order valence-corrected chi connectivity index (χ1v) is 7.76. The highest BCUT2D eigenvalue weighted by atomic mass is 35.5. The first kappa shape index (κ1) is 15.1. The van der Waals surface area contributed by atoms with E-state index < -0.39 is 0 Å². The zero-order chi connectivity index (χ0) is 13.7. The van der Waals surface area contributed by atoms with Gasteiger partial charge in [-0.2, -0.15) is 0 Å². The maximum atomic E-state index is 6.30. The number of halogens is 2. The van der Waals surface area contributed by atoms with Gasteiger partial charge in [-0.25, -0.2) is 0 Å². The molecular formula is C15H21Cl2NO. The molecule has 2 rings (SSSR count). The van der Waals surface area contributed by atoms with Crippen molar-refractivity contribution in [2.24, 2.45) is 0 Å². The molecule has 0 aromatic heterocycles. The van der Waals surface area contributed by atoms with Crippen molar-refractivity contribution in [3.8, 4) is 0 Å². The highest BCUT2D eigenvalue weighted by Gasteiger charge is 2.19. The number of hydrogen-bond acceptors (Lipinski definition) is 2. The monoisotopic (exact) mass is 301 g/mol. The molecule has 106 valence electrons. The molecule has 1 aromatic carbocycles. The fourth-order valence-corrected chi connectivity index (χ4v) is 3.16. The van der Waals surface area contributed by atoms with E-state index in [9.17, 15) is 0 Å². The lowest BCUT2D eigenvalue weighted by atomic mass is 9.99. The van der Waals surface area contributed by atoms with Crippen molar-refractivity contribution >= 4 is 23.2 Å². The Bertz CT molecular complexity index is 405. The molecule has 0 saturated carbocycles. The van der Waals surface area contributed by atoms with Crippen LogP contribution < -0.4 is 5.32 Å². The predicted molar refractivity (Wildman–Crippen MR) is 81.1 cm³/mol. The highest BCUT2D eigenvalue weighted by Crippen LogP contribution is 2.30. The van der Waals surface area contributed by atoms with Crippen LogP contribution in [0.4, 0.5) is 0 Å². The van der Waals surface area contributed by atoms with Crippen molar-refractivity contribution in [1.82, 2.24) is 5.32 Å². The van der Waals surface area contributed by atoms with Crippen LogP contribution in [0.1, 0.15) is 44.2 Å². The molecule has 1 heterocycles. The molecule has 0 bridgehead atoms. The number of nitrogens with one attached hydrogen (secondary N) is 1. The Morgan fingerprint density at radius 1 is 1.42 bits per heavy atom. The zero-order valence-corrected chi connectivity index (χ0v) is 12.8. The predicted octanol–water partition coefficient (Wildman–Crippen LogP) is 4.60. The van der Waals surface area contributed by atoms with Gasteiger partial charge in [0.15, 0.2) is 0 Å². The number of rotatable bonds is 6. The zero-order valence-electron chi connectivity index (χ0n) is 11.3. The summed E-state index contributed by atoms with van der Waals surface area (Å²) < 4.78 is 5.68. The summed E-state index contributed by atoms with van der Waals surface area (Å²) in [5.74, 6) is 0. The first-order valence-electron chi connectivity index (χ1n) is 7.00. The Morgan fingerprint density at radius 3 is 2.89 bits per heavy atom. The molecule has 0 amide bonds. The summed E-state index contributed by atoms with van der Waals surface area (Å²) in [6.45, 7) is 3.95. The van der Waals surface area contributed by atoms with Crippen molar-refractivity contribution < 1.29 is 4.74 Å². The largest absolute Gasteiger partial charge is 0.378 e. The van der Waals surface area contributed by atoms with Crippen molar-refractivity contribution in [3.63, 3.8) is 0 Å². The van der Waals surface area contributed by atoms with Crippen molar-refractivity contribution in [2.45, 2.75) is 44.8 Å². The quantitative estimate of drug-likeness (QED) is 0.829. The van der Waals surface area contributed by atoms with Gasteiger partial charge in [-0.05, 0) is 49.9 Å². The number of hydrogen-bond donors (Lipinski definition) is 1. The Hall–Kier alpha value is -0.280. The van der Waals surface area contributed by atoms with Crippen molar-refractivity contribution in [3.05, 3.63) is 33.8 Å². The summed E-state index contributed by atoms with van der Waals surface area (Å²) in [6.07, 6.45) is 4.93. The van der Waals surface area contributed by atoms with E-state index in [0.717, 1.165) is 36.6 Å². The molecule has 0 aliphatic carbocycles.